The molecule has 1 aliphatic heterocycles. The number of anilines is 1. The van der Waals surface area contributed by atoms with Gasteiger partial charge in [0, 0.05) is 12.2 Å². The molecule has 3 nitrogen and oxygen atoms in total. The van der Waals surface area contributed by atoms with E-state index in [1.807, 2.05) is 24.3 Å². The van der Waals surface area contributed by atoms with Crippen LogP contribution in [0.25, 0.3) is 11.1 Å². The van der Waals surface area contributed by atoms with E-state index in [-0.39, 0.29) is 5.92 Å². The Morgan fingerprint density at radius 3 is 2.95 bits per heavy atom. The van der Waals surface area contributed by atoms with Gasteiger partial charge < -0.3 is 9.73 Å². The number of hydrogen-bond acceptors (Lipinski definition) is 3. The molecule has 2 aromatic carbocycles. The molecule has 0 spiro atoms. The van der Waals surface area contributed by atoms with Gasteiger partial charge in [-0.25, -0.2) is 4.98 Å². The molecule has 0 saturated carbocycles. The molecule has 1 aromatic heterocycles. The van der Waals surface area contributed by atoms with Crippen molar-refractivity contribution in [3.63, 3.8) is 0 Å². The maximum atomic E-state index is 6.16. The highest BCUT2D eigenvalue weighted by Crippen LogP contribution is 2.37. The number of fused-ring (bicyclic) bond motifs is 2. The van der Waals surface area contributed by atoms with Crippen LogP contribution < -0.4 is 5.32 Å². The summed E-state index contributed by atoms with van der Waals surface area (Å²) in [7, 11) is 0. The summed E-state index contributed by atoms with van der Waals surface area (Å²) in [6.07, 6.45) is 0.974. The van der Waals surface area contributed by atoms with Crippen LogP contribution in [0.1, 0.15) is 23.8 Å². The number of rotatable bonds is 1. The SMILES string of the molecule is Clc1cccc2nc(C3CCNc4ccccc43)oc12. The van der Waals surface area contributed by atoms with Gasteiger partial charge in [-0.1, -0.05) is 35.9 Å². The van der Waals surface area contributed by atoms with E-state index in [1.165, 1.54) is 5.56 Å². The van der Waals surface area contributed by atoms with Crippen LogP contribution in [0.3, 0.4) is 0 Å². The summed E-state index contributed by atoms with van der Waals surface area (Å²) in [4.78, 5) is 4.62. The van der Waals surface area contributed by atoms with Crippen molar-refractivity contribution in [2.75, 3.05) is 11.9 Å². The fourth-order valence-corrected chi connectivity index (χ4v) is 3.01. The summed E-state index contributed by atoms with van der Waals surface area (Å²) in [6, 6.07) is 14.0. The van der Waals surface area contributed by atoms with Crippen molar-refractivity contribution in [3.8, 4) is 0 Å². The third kappa shape index (κ3) is 1.78. The van der Waals surface area contributed by atoms with E-state index in [1.54, 1.807) is 0 Å². The van der Waals surface area contributed by atoms with Crippen LogP contribution in [-0.2, 0) is 0 Å². The number of para-hydroxylation sites is 2. The fraction of sp³-hybridized carbons (Fsp3) is 0.188. The molecular weight excluding hydrogens is 272 g/mol. The molecule has 20 heavy (non-hydrogen) atoms. The second kappa shape index (κ2) is 4.53. The van der Waals surface area contributed by atoms with Gasteiger partial charge in [-0.05, 0) is 30.2 Å². The van der Waals surface area contributed by atoms with Gasteiger partial charge in [-0.2, -0.15) is 0 Å². The standard InChI is InChI=1S/C16H13ClN2O/c17-12-5-3-7-14-15(12)20-16(19-14)11-8-9-18-13-6-2-1-4-10(11)13/h1-7,11,18H,8-9H2. The van der Waals surface area contributed by atoms with Gasteiger partial charge in [-0.3, -0.25) is 0 Å². The third-order valence-corrected chi connectivity index (χ3v) is 4.06. The first-order chi connectivity index (χ1) is 9.83. The lowest BCUT2D eigenvalue weighted by Crippen LogP contribution is -2.17. The molecule has 4 rings (SSSR count). The Balaban J connectivity index is 1.86. The van der Waals surface area contributed by atoms with Crippen molar-refractivity contribution in [3.05, 3.63) is 58.9 Å². The molecule has 100 valence electrons. The summed E-state index contributed by atoms with van der Waals surface area (Å²) < 4.78 is 5.92. The van der Waals surface area contributed by atoms with Crippen LogP contribution in [0.2, 0.25) is 5.02 Å². The molecule has 1 atom stereocenters. The Morgan fingerprint density at radius 1 is 1.15 bits per heavy atom. The van der Waals surface area contributed by atoms with Crippen LogP contribution in [-0.4, -0.2) is 11.5 Å². The van der Waals surface area contributed by atoms with Gasteiger partial charge in [0.05, 0.1) is 10.9 Å². The van der Waals surface area contributed by atoms with E-state index in [2.05, 4.69) is 28.5 Å². The van der Waals surface area contributed by atoms with Crippen molar-refractivity contribution in [2.45, 2.75) is 12.3 Å². The van der Waals surface area contributed by atoms with Crippen molar-refractivity contribution in [1.29, 1.82) is 0 Å². The molecule has 0 saturated heterocycles. The Bertz CT molecular complexity index is 781. The zero-order valence-corrected chi connectivity index (χ0v) is 11.5. The smallest absolute Gasteiger partial charge is 0.203 e. The normalized spacial score (nSPS) is 17.8. The summed E-state index contributed by atoms with van der Waals surface area (Å²) in [6.45, 7) is 0.925. The van der Waals surface area contributed by atoms with Gasteiger partial charge in [0.2, 0.25) is 5.89 Å². The number of nitrogens with zero attached hydrogens (tertiary/aromatic N) is 1. The van der Waals surface area contributed by atoms with Crippen LogP contribution in [0.5, 0.6) is 0 Å². The highest BCUT2D eigenvalue weighted by Gasteiger charge is 2.26. The second-order valence-electron chi connectivity index (χ2n) is 5.00. The maximum absolute atomic E-state index is 6.16. The number of aromatic nitrogens is 1. The lowest BCUT2D eigenvalue weighted by molar-refractivity contribution is 0.485. The van der Waals surface area contributed by atoms with Crippen LogP contribution in [0, 0.1) is 0 Å². The number of hydrogen-bond donors (Lipinski definition) is 1. The highest BCUT2D eigenvalue weighted by atomic mass is 35.5. The number of nitrogens with one attached hydrogen (secondary N) is 1. The van der Waals surface area contributed by atoms with Gasteiger partial charge >= 0.3 is 0 Å². The average Bonchev–Trinajstić information content (AvgIpc) is 2.92. The van der Waals surface area contributed by atoms with Gasteiger partial charge in [0.25, 0.3) is 0 Å². The molecule has 0 fully saturated rings. The molecule has 0 bridgehead atoms. The number of oxazole rings is 1. The first-order valence-corrected chi connectivity index (χ1v) is 7.08. The van der Waals surface area contributed by atoms with Gasteiger partial charge in [0.1, 0.15) is 5.52 Å². The van der Waals surface area contributed by atoms with E-state index in [0.717, 1.165) is 30.1 Å². The number of halogens is 1. The molecule has 0 amide bonds. The molecular formula is C16H13ClN2O. The van der Waals surface area contributed by atoms with Crippen molar-refractivity contribution in [1.82, 2.24) is 4.98 Å². The minimum Gasteiger partial charge on any atom is -0.438 e. The summed E-state index contributed by atoms with van der Waals surface area (Å²) in [5.41, 5.74) is 3.90. The molecule has 0 aliphatic carbocycles. The first kappa shape index (κ1) is 11.8. The average molecular weight is 285 g/mol. The maximum Gasteiger partial charge on any atom is 0.203 e. The predicted octanol–water partition coefficient (Wildman–Crippen LogP) is 4.43. The Morgan fingerprint density at radius 2 is 2.05 bits per heavy atom. The summed E-state index contributed by atoms with van der Waals surface area (Å²) in [5, 5.41) is 4.03. The van der Waals surface area contributed by atoms with Crippen LogP contribution in [0.15, 0.2) is 46.9 Å². The third-order valence-electron chi connectivity index (χ3n) is 3.77. The number of benzene rings is 2. The zero-order valence-electron chi connectivity index (χ0n) is 10.8. The largest absolute Gasteiger partial charge is 0.438 e. The molecule has 4 heteroatoms. The first-order valence-electron chi connectivity index (χ1n) is 6.70. The van der Waals surface area contributed by atoms with E-state index in [0.29, 0.717) is 10.6 Å². The molecule has 1 aliphatic rings. The van der Waals surface area contributed by atoms with Gasteiger partial charge in [-0.15, -0.1) is 0 Å². The van der Waals surface area contributed by atoms with Crippen molar-refractivity contribution in [2.24, 2.45) is 0 Å². The molecule has 3 aromatic rings. The molecule has 1 unspecified atom stereocenters. The Labute approximate surface area is 121 Å². The summed E-state index contributed by atoms with van der Waals surface area (Å²) >= 11 is 6.16. The Hall–Kier alpha value is -2.00. The van der Waals surface area contributed by atoms with E-state index >= 15 is 0 Å². The van der Waals surface area contributed by atoms with E-state index in [4.69, 9.17) is 16.0 Å². The quantitative estimate of drug-likeness (QED) is 0.718. The molecule has 0 radical (unpaired) electrons. The second-order valence-corrected chi connectivity index (χ2v) is 5.40. The minimum absolute atomic E-state index is 0.191. The monoisotopic (exact) mass is 284 g/mol. The van der Waals surface area contributed by atoms with Crippen molar-refractivity contribution >= 4 is 28.4 Å². The van der Waals surface area contributed by atoms with E-state index in [9.17, 15) is 0 Å². The topological polar surface area (TPSA) is 38.1 Å². The van der Waals surface area contributed by atoms with E-state index < -0.39 is 0 Å². The van der Waals surface area contributed by atoms with Crippen LogP contribution in [0.4, 0.5) is 5.69 Å². The van der Waals surface area contributed by atoms with Crippen LogP contribution >= 0.6 is 11.6 Å². The zero-order chi connectivity index (χ0) is 13.5. The Kier molecular flexibility index (Phi) is 2.67. The molecule has 1 N–H and O–H groups in total. The predicted molar refractivity (Wildman–Crippen MR) is 80.4 cm³/mol. The summed E-state index contributed by atoms with van der Waals surface area (Å²) in [5.74, 6) is 0.943. The van der Waals surface area contributed by atoms with Crippen molar-refractivity contribution < 1.29 is 4.42 Å². The fourth-order valence-electron chi connectivity index (χ4n) is 2.81. The lowest BCUT2D eigenvalue weighted by atomic mass is 9.91. The van der Waals surface area contributed by atoms with Gasteiger partial charge in [0.15, 0.2) is 5.58 Å². The lowest BCUT2D eigenvalue weighted by Gasteiger charge is -2.24. The highest BCUT2D eigenvalue weighted by molar-refractivity contribution is 6.34. The minimum atomic E-state index is 0.191. The molecule has 2 heterocycles.